The molecular weight excluding hydrogens is 234 g/mol. The zero-order valence-corrected chi connectivity index (χ0v) is 9.79. The number of benzene rings is 1. The number of nitrogens with zero attached hydrogens (tertiary/aromatic N) is 2. The van der Waals surface area contributed by atoms with Crippen LogP contribution < -0.4 is 5.73 Å². The van der Waals surface area contributed by atoms with Crippen molar-refractivity contribution in [2.45, 2.75) is 10.9 Å². The fourth-order valence-corrected chi connectivity index (χ4v) is 2.31. The highest BCUT2D eigenvalue weighted by Crippen LogP contribution is 2.20. The number of nitrogen functional groups attached to an aromatic ring is 1. The van der Waals surface area contributed by atoms with Crippen molar-refractivity contribution in [3.05, 3.63) is 36.4 Å². The van der Waals surface area contributed by atoms with Crippen molar-refractivity contribution < 1.29 is 0 Å². The molecule has 0 atom stereocenters. The molecule has 0 aliphatic rings. The molecule has 0 spiro atoms. The normalized spacial score (nSPS) is 11.1. The molecule has 5 nitrogen and oxygen atoms in total. The highest BCUT2D eigenvalue weighted by molar-refractivity contribution is 7.98. The van der Waals surface area contributed by atoms with Gasteiger partial charge in [0.2, 0.25) is 0 Å². The van der Waals surface area contributed by atoms with Crippen LogP contribution in [0.2, 0.25) is 0 Å². The summed E-state index contributed by atoms with van der Waals surface area (Å²) in [6.45, 7) is 0. The van der Waals surface area contributed by atoms with Gasteiger partial charge in [-0.15, -0.1) is 0 Å². The predicted molar refractivity (Wildman–Crippen MR) is 68.7 cm³/mol. The van der Waals surface area contributed by atoms with E-state index in [0.717, 1.165) is 33.5 Å². The summed E-state index contributed by atoms with van der Waals surface area (Å²) < 4.78 is 0. The first kappa shape index (κ1) is 10.2. The number of H-pyrrole nitrogens is 2. The molecule has 0 amide bonds. The van der Waals surface area contributed by atoms with Crippen molar-refractivity contribution in [1.82, 2.24) is 19.9 Å². The second-order valence-corrected chi connectivity index (χ2v) is 4.61. The topological polar surface area (TPSA) is 83.4 Å². The van der Waals surface area contributed by atoms with E-state index in [1.54, 1.807) is 18.0 Å². The van der Waals surface area contributed by atoms with Gasteiger partial charge < -0.3 is 15.7 Å². The van der Waals surface area contributed by atoms with E-state index in [2.05, 4.69) is 19.9 Å². The van der Waals surface area contributed by atoms with E-state index >= 15 is 0 Å². The minimum Gasteiger partial charge on any atom is -0.399 e. The number of nitrogens with one attached hydrogen (secondary N) is 2. The third-order valence-electron chi connectivity index (χ3n) is 2.37. The van der Waals surface area contributed by atoms with Crippen molar-refractivity contribution in [2.24, 2.45) is 0 Å². The summed E-state index contributed by atoms with van der Waals surface area (Å²) in [5, 5.41) is 0.893. The Morgan fingerprint density at radius 3 is 3.12 bits per heavy atom. The van der Waals surface area contributed by atoms with E-state index in [1.165, 1.54) is 0 Å². The first-order valence-corrected chi connectivity index (χ1v) is 6.16. The highest BCUT2D eigenvalue weighted by Gasteiger charge is 2.04. The smallest absolute Gasteiger partial charge is 0.165 e. The molecule has 0 saturated heterocycles. The summed E-state index contributed by atoms with van der Waals surface area (Å²) in [7, 11) is 0. The number of fused-ring (bicyclic) bond motifs is 1. The number of aromatic amines is 2. The van der Waals surface area contributed by atoms with Crippen molar-refractivity contribution in [3.8, 4) is 0 Å². The van der Waals surface area contributed by atoms with E-state index < -0.39 is 0 Å². The second kappa shape index (κ2) is 4.14. The summed E-state index contributed by atoms with van der Waals surface area (Å²) >= 11 is 1.61. The molecule has 0 aliphatic heterocycles. The van der Waals surface area contributed by atoms with E-state index in [4.69, 9.17) is 5.73 Å². The SMILES string of the molecule is Nc1ccc2nc(CSc3ncc[nH]3)[nH]c2c1. The molecule has 0 bridgehead atoms. The number of anilines is 1. The van der Waals surface area contributed by atoms with Crippen LogP contribution in [0.1, 0.15) is 5.82 Å². The van der Waals surface area contributed by atoms with Crippen molar-refractivity contribution in [2.75, 3.05) is 5.73 Å². The largest absolute Gasteiger partial charge is 0.399 e. The summed E-state index contributed by atoms with van der Waals surface area (Å²) in [5.41, 5.74) is 8.37. The molecule has 0 unspecified atom stereocenters. The summed E-state index contributed by atoms with van der Waals surface area (Å²) in [4.78, 5) is 14.9. The van der Waals surface area contributed by atoms with Crippen LogP contribution in [-0.4, -0.2) is 19.9 Å². The molecule has 86 valence electrons. The van der Waals surface area contributed by atoms with Crippen molar-refractivity contribution in [3.63, 3.8) is 0 Å². The fraction of sp³-hybridized carbons (Fsp3) is 0.0909. The van der Waals surface area contributed by atoms with Crippen LogP contribution in [0.4, 0.5) is 5.69 Å². The average Bonchev–Trinajstić information content (AvgIpc) is 2.94. The molecule has 6 heteroatoms. The van der Waals surface area contributed by atoms with Gasteiger partial charge in [0, 0.05) is 18.1 Å². The monoisotopic (exact) mass is 245 g/mol. The Hall–Kier alpha value is -1.95. The fourth-order valence-electron chi connectivity index (χ4n) is 1.61. The third-order valence-corrected chi connectivity index (χ3v) is 3.29. The minimum atomic E-state index is 0.742. The molecule has 17 heavy (non-hydrogen) atoms. The Labute approximate surface area is 102 Å². The van der Waals surface area contributed by atoms with Gasteiger partial charge in [0.15, 0.2) is 5.16 Å². The van der Waals surface area contributed by atoms with Gasteiger partial charge in [0.25, 0.3) is 0 Å². The van der Waals surface area contributed by atoms with Crippen LogP contribution in [0, 0.1) is 0 Å². The maximum absolute atomic E-state index is 5.72. The van der Waals surface area contributed by atoms with Gasteiger partial charge in [-0.1, -0.05) is 11.8 Å². The minimum absolute atomic E-state index is 0.742. The molecule has 4 N–H and O–H groups in total. The molecule has 0 saturated carbocycles. The van der Waals surface area contributed by atoms with E-state index in [-0.39, 0.29) is 0 Å². The van der Waals surface area contributed by atoms with Gasteiger partial charge in [0.05, 0.1) is 16.8 Å². The van der Waals surface area contributed by atoms with E-state index in [0.29, 0.717) is 0 Å². The first-order valence-electron chi connectivity index (χ1n) is 5.17. The third kappa shape index (κ3) is 2.12. The zero-order valence-electron chi connectivity index (χ0n) is 8.97. The maximum atomic E-state index is 5.72. The standard InChI is InChI=1S/C11H11N5S/c12-7-1-2-8-9(5-7)16-10(15-8)6-17-11-13-3-4-14-11/h1-5H,6,12H2,(H,13,14)(H,15,16). The lowest BCUT2D eigenvalue weighted by molar-refractivity contribution is 1.05. The molecular formula is C11H11N5S. The van der Waals surface area contributed by atoms with Gasteiger partial charge in [-0.05, 0) is 18.2 Å². The van der Waals surface area contributed by atoms with Gasteiger partial charge >= 0.3 is 0 Å². The number of aromatic nitrogens is 4. The molecule has 2 aromatic heterocycles. The molecule has 0 fully saturated rings. The molecule has 2 heterocycles. The highest BCUT2D eigenvalue weighted by atomic mass is 32.2. The predicted octanol–water partition coefficient (Wildman–Crippen LogP) is 2.16. The lowest BCUT2D eigenvalue weighted by Crippen LogP contribution is -1.84. The Bertz CT molecular complexity index is 628. The molecule has 0 radical (unpaired) electrons. The van der Waals surface area contributed by atoms with E-state index in [9.17, 15) is 0 Å². The van der Waals surface area contributed by atoms with Crippen molar-refractivity contribution in [1.29, 1.82) is 0 Å². The van der Waals surface area contributed by atoms with E-state index in [1.807, 2.05) is 24.4 Å². The van der Waals surface area contributed by atoms with Crippen LogP contribution in [0.15, 0.2) is 35.7 Å². The lowest BCUT2D eigenvalue weighted by atomic mass is 10.3. The van der Waals surface area contributed by atoms with Crippen LogP contribution in [0.5, 0.6) is 0 Å². The summed E-state index contributed by atoms with van der Waals surface area (Å²) in [6.07, 6.45) is 3.54. The van der Waals surface area contributed by atoms with Gasteiger partial charge in [0.1, 0.15) is 5.82 Å². The Morgan fingerprint density at radius 2 is 2.29 bits per heavy atom. The zero-order chi connectivity index (χ0) is 11.7. The van der Waals surface area contributed by atoms with Gasteiger partial charge in [-0.3, -0.25) is 0 Å². The van der Waals surface area contributed by atoms with Crippen LogP contribution in [0.3, 0.4) is 0 Å². The molecule has 3 rings (SSSR count). The quantitative estimate of drug-likeness (QED) is 0.487. The Morgan fingerprint density at radius 1 is 1.35 bits per heavy atom. The molecule has 3 aromatic rings. The summed E-state index contributed by atoms with van der Waals surface area (Å²) in [5.74, 6) is 1.68. The van der Waals surface area contributed by atoms with Crippen LogP contribution in [0.25, 0.3) is 11.0 Å². The number of rotatable bonds is 3. The average molecular weight is 245 g/mol. The van der Waals surface area contributed by atoms with Crippen molar-refractivity contribution >= 4 is 28.5 Å². The number of thioether (sulfide) groups is 1. The van der Waals surface area contributed by atoms with Crippen LogP contribution >= 0.6 is 11.8 Å². The van der Waals surface area contributed by atoms with Crippen LogP contribution in [-0.2, 0) is 5.75 Å². The Kier molecular flexibility index (Phi) is 2.49. The number of imidazole rings is 2. The van der Waals surface area contributed by atoms with Gasteiger partial charge in [-0.25, -0.2) is 9.97 Å². The van der Waals surface area contributed by atoms with Gasteiger partial charge in [-0.2, -0.15) is 0 Å². The number of nitrogens with two attached hydrogens (primary N) is 1. The second-order valence-electron chi connectivity index (χ2n) is 3.64. The Balaban J connectivity index is 1.81. The maximum Gasteiger partial charge on any atom is 0.165 e. The first-order chi connectivity index (χ1) is 8.31. The summed E-state index contributed by atoms with van der Waals surface area (Å²) in [6, 6.07) is 5.66. The molecule has 1 aromatic carbocycles. The number of hydrogen-bond donors (Lipinski definition) is 3. The number of hydrogen-bond acceptors (Lipinski definition) is 4. The molecule has 0 aliphatic carbocycles. The lowest BCUT2D eigenvalue weighted by Gasteiger charge is -1.93.